The average molecular weight is 212 g/mol. The molecule has 0 atom stereocenters. The Bertz CT molecular complexity index is 288. The van der Waals surface area contributed by atoms with Crippen molar-refractivity contribution in [3.05, 3.63) is 35.4 Å². The van der Waals surface area contributed by atoms with Crippen molar-refractivity contribution >= 4 is 0 Å². The summed E-state index contributed by atoms with van der Waals surface area (Å²) in [5, 5.41) is 0. The Morgan fingerprint density at radius 3 is 1.86 bits per heavy atom. The van der Waals surface area contributed by atoms with Crippen LogP contribution in [0.2, 0.25) is 0 Å². The van der Waals surface area contributed by atoms with E-state index >= 15 is 0 Å². The van der Waals surface area contributed by atoms with Gasteiger partial charge in [-0.2, -0.15) is 26.3 Å². The van der Waals surface area contributed by atoms with Gasteiger partial charge in [0, 0.05) is 6.07 Å². The highest BCUT2D eigenvalue weighted by Gasteiger charge is 2.42. The quantitative estimate of drug-likeness (QED) is 0.578. The molecule has 1 aromatic carbocycles. The molecule has 0 spiro atoms. The first-order valence-corrected chi connectivity index (χ1v) is 3.29. The molecule has 0 aliphatic carbocycles. The normalized spacial score (nSPS) is 13.0. The molecule has 0 N–H and O–H groups in total. The molecular weight excluding hydrogens is 210 g/mol. The first-order valence-electron chi connectivity index (χ1n) is 3.29. The second-order valence-corrected chi connectivity index (χ2v) is 2.39. The van der Waals surface area contributed by atoms with E-state index in [1.54, 1.807) is 0 Å². The minimum Gasteiger partial charge on any atom is -0.166 e. The van der Waals surface area contributed by atoms with E-state index < -0.39 is 23.5 Å². The van der Waals surface area contributed by atoms with E-state index in [-0.39, 0.29) is 0 Å². The summed E-state index contributed by atoms with van der Waals surface area (Å²) < 4.78 is 72.2. The summed E-state index contributed by atoms with van der Waals surface area (Å²) in [5.41, 5.74) is -3.59. The molecule has 0 saturated carbocycles. The van der Waals surface area contributed by atoms with Gasteiger partial charge in [-0.05, 0) is 12.1 Å². The van der Waals surface area contributed by atoms with Crippen LogP contribution in [0.3, 0.4) is 0 Å². The van der Waals surface area contributed by atoms with Crippen LogP contribution in [0.1, 0.15) is 11.1 Å². The van der Waals surface area contributed by atoms with E-state index in [0.717, 1.165) is 6.07 Å². The molecule has 0 amide bonds. The van der Waals surface area contributed by atoms with Gasteiger partial charge in [-0.15, -0.1) is 0 Å². The van der Waals surface area contributed by atoms with Crippen LogP contribution in [0, 0.1) is 12.1 Å². The third kappa shape index (κ3) is 2.18. The second kappa shape index (κ2) is 3.18. The smallest absolute Gasteiger partial charge is 0.166 e. The van der Waals surface area contributed by atoms with Gasteiger partial charge in [-0.3, -0.25) is 0 Å². The van der Waals surface area contributed by atoms with E-state index in [1.165, 1.54) is 6.07 Å². The largest absolute Gasteiger partial charge is 0.417 e. The molecule has 0 unspecified atom stereocenters. The first-order chi connectivity index (χ1) is 6.23. The van der Waals surface area contributed by atoms with Crippen molar-refractivity contribution in [1.29, 1.82) is 0 Å². The number of halogens is 6. The average Bonchev–Trinajstić information content (AvgIpc) is 2.01. The van der Waals surface area contributed by atoms with Crippen LogP contribution in [0.25, 0.3) is 0 Å². The highest BCUT2D eigenvalue weighted by molar-refractivity contribution is 5.30. The maximum Gasteiger partial charge on any atom is 0.417 e. The molecule has 0 bridgehead atoms. The van der Waals surface area contributed by atoms with Crippen LogP contribution in [-0.4, -0.2) is 0 Å². The minimum atomic E-state index is -5.07. The van der Waals surface area contributed by atoms with E-state index in [2.05, 4.69) is 0 Å². The zero-order valence-corrected chi connectivity index (χ0v) is 6.42. The molecule has 0 aliphatic heterocycles. The van der Waals surface area contributed by atoms with Gasteiger partial charge in [-0.1, -0.05) is 6.07 Å². The van der Waals surface area contributed by atoms with Gasteiger partial charge in [0.2, 0.25) is 0 Å². The van der Waals surface area contributed by atoms with Crippen LogP contribution >= 0.6 is 0 Å². The van der Waals surface area contributed by atoms with Gasteiger partial charge in [-0.25, -0.2) is 0 Å². The second-order valence-electron chi connectivity index (χ2n) is 2.39. The fourth-order valence-corrected chi connectivity index (χ4v) is 0.849. The first kappa shape index (κ1) is 10.9. The molecule has 1 rings (SSSR count). The number of rotatable bonds is 0. The van der Waals surface area contributed by atoms with Gasteiger partial charge in [0.25, 0.3) is 0 Å². The van der Waals surface area contributed by atoms with Crippen LogP contribution in [-0.2, 0) is 12.4 Å². The van der Waals surface area contributed by atoms with Gasteiger partial charge >= 0.3 is 12.4 Å². The highest BCUT2D eigenvalue weighted by atomic mass is 19.4. The fourth-order valence-electron chi connectivity index (χ4n) is 0.849. The summed E-state index contributed by atoms with van der Waals surface area (Å²) in [6.07, 6.45) is -10.1. The SMILES string of the molecule is FC(F)(F)c1[c][c]ccc1C(F)(F)F. The van der Waals surface area contributed by atoms with Gasteiger partial charge < -0.3 is 0 Å². The van der Waals surface area contributed by atoms with Crippen molar-refractivity contribution in [2.45, 2.75) is 12.4 Å². The van der Waals surface area contributed by atoms with Crippen LogP contribution in [0.4, 0.5) is 26.3 Å². The third-order valence-corrected chi connectivity index (χ3v) is 1.39. The highest BCUT2D eigenvalue weighted by Crippen LogP contribution is 2.39. The Labute approximate surface area is 75.2 Å². The summed E-state index contributed by atoms with van der Waals surface area (Å²) >= 11 is 0. The predicted octanol–water partition coefficient (Wildman–Crippen LogP) is 3.32. The van der Waals surface area contributed by atoms with E-state index in [0.29, 0.717) is 6.07 Å². The molecule has 0 heterocycles. The summed E-state index contributed by atoms with van der Waals surface area (Å²) in [5.74, 6) is 0. The molecule has 14 heavy (non-hydrogen) atoms. The predicted molar refractivity (Wildman–Crippen MR) is 34.1 cm³/mol. The molecular formula is C8H2F6. The number of alkyl halides is 6. The fraction of sp³-hybridized carbons (Fsp3) is 0.250. The molecule has 0 aromatic heterocycles. The minimum absolute atomic E-state index is 0.319. The Kier molecular flexibility index (Phi) is 2.47. The molecule has 76 valence electrons. The van der Waals surface area contributed by atoms with Crippen molar-refractivity contribution in [3.63, 3.8) is 0 Å². The van der Waals surface area contributed by atoms with E-state index in [9.17, 15) is 26.3 Å². The van der Waals surface area contributed by atoms with Crippen molar-refractivity contribution in [2.24, 2.45) is 0 Å². The monoisotopic (exact) mass is 212 g/mol. The molecule has 2 radical (unpaired) electrons. The third-order valence-electron chi connectivity index (χ3n) is 1.39. The zero-order chi connectivity index (χ0) is 11.0. The zero-order valence-electron chi connectivity index (χ0n) is 6.42. The van der Waals surface area contributed by atoms with Crippen molar-refractivity contribution < 1.29 is 26.3 Å². The Balaban J connectivity index is 3.31. The van der Waals surface area contributed by atoms with Gasteiger partial charge in [0.05, 0.1) is 11.1 Å². The summed E-state index contributed by atoms with van der Waals surface area (Å²) in [7, 11) is 0. The van der Waals surface area contributed by atoms with Crippen LogP contribution < -0.4 is 0 Å². The lowest BCUT2D eigenvalue weighted by atomic mass is 10.1. The van der Waals surface area contributed by atoms with Crippen LogP contribution in [0.5, 0.6) is 0 Å². The maximum atomic E-state index is 12.0. The topological polar surface area (TPSA) is 0 Å². The van der Waals surface area contributed by atoms with E-state index in [4.69, 9.17) is 0 Å². The Morgan fingerprint density at radius 1 is 0.929 bits per heavy atom. The van der Waals surface area contributed by atoms with E-state index in [1.807, 2.05) is 6.07 Å². The van der Waals surface area contributed by atoms with Gasteiger partial charge in [0.1, 0.15) is 0 Å². The summed E-state index contributed by atoms with van der Waals surface area (Å²) in [6.45, 7) is 0. The van der Waals surface area contributed by atoms with Crippen molar-refractivity contribution in [1.82, 2.24) is 0 Å². The molecule has 0 nitrogen and oxygen atoms in total. The maximum absolute atomic E-state index is 12.0. The molecule has 0 saturated heterocycles. The van der Waals surface area contributed by atoms with Crippen LogP contribution in [0.15, 0.2) is 12.1 Å². The molecule has 6 heteroatoms. The number of hydrogen-bond acceptors (Lipinski definition) is 0. The molecule has 1 aromatic rings. The summed E-state index contributed by atoms with van der Waals surface area (Å²) in [6, 6.07) is 4.30. The number of benzene rings is 1. The Hall–Kier alpha value is -1.20. The lowest BCUT2D eigenvalue weighted by molar-refractivity contribution is -0.162. The standard InChI is InChI=1S/C8H2F6/c9-7(10,11)5-3-1-2-4-6(5)8(12,13)14/h1,3H. The van der Waals surface area contributed by atoms with Gasteiger partial charge in [0.15, 0.2) is 0 Å². The number of hydrogen-bond donors (Lipinski definition) is 0. The van der Waals surface area contributed by atoms with Crippen molar-refractivity contribution in [2.75, 3.05) is 0 Å². The van der Waals surface area contributed by atoms with Crippen molar-refractivity contribution in [3.8, 4) is 0 Å². The Morgan fingerprint density at radius 2 is 1.50 bits per heavy atom. The molecule has 0 fully saturated rings. The molecule has 0 aliphatic rings. The lowest BCUT2D eigenvalue weighted by Gasteiger charge is -2.13. The summed E-state index contributed by atoms with van der Waals surface area (Å²) in [4.78, 5) is 0. The lowest BCUT2D eigenvalue weighted by Crippen LogP contribution is -2.16.